The van der Waals surface area contributed by atoms with E-state index in [2.05, 4.69) is 4.72 Å². The highest BCUT2D eigenvalue weighted by molar-refractivity contribution is 7.89. The van der Waals surface area contributed by atoms with Crippen molar-refractivity contribution in [3.8, 4) is 0 Å². The van der Waals surface area contributed by atoms with E-state index >= 15 is 0 Å². The van der Waals surface area contributed by atoms with Crippen LogP contribution in [0.15, 0.2) is 40.6 Å². The zero-order chi connectivity index (χ0) is 14.8. The second-order valence-electron chi connectivity index (χ2n) is 3.85. The van der Waals surface area contributed by atoms with E-state index in [1.165, 1.54) is 23.5 Å². The van der Waals surface area contributed by atoms with Crippen LogP contribution in [0.5, 0.6) is 0 Å². The molecule has 106 valence electrons. The molecule has 1 aromatic heterocycles. The van der Waals surface area contributed by atoms with Gasteiger partial charge in [-0.2, -0.15) is 0 Å². The van der Waals surface area contributed by atoms with Gasteiger partial charge in [0.15, 0.2) is 0 Å². The number of carboxylic acids is 1. The fourth-order valence-corrected chi connectivity index (χ4v) is 3.77. The van der Waals surface area contributed by atoms with E-state index in [1.54, 1.807) is 6.07 Å². The predicted octanol–water partition coefficient (Wildman–Crippen LogP) is 2.58. The van der Waals surface area contributed by atoms with Crippen molar-refractivity contribution in [3.05, 3.63) is 51.2 Å². The molecule has 0 unspecified atom stereocenters. The van der Waals surface area contributed by atoms with E-state index in [0.29, 0.717) is 0 Å². The molecule has 0 aliphatic carbocycles. The first kappa shape index (κ1) is 15.0. The van der Waals surface area contributed by atoms with Gasteiger partial charge < -0.3 is 5.11 Å². The Labute approximate surface area is 124 Å². The summed E-state index contributed by atoms with van der Waals surface area (Å²) in [6.45, 7) is 0.133. The minimum absolute atomic E-state index is 0.0197. The van der Waals surface area contributed by atoms with E-state index in [-0.39, 0.29) is 22.0 Å². The second-order valence-corrected chi connectivity index (χ2v) is 7.03. The highest BCUT2D eigenvalue weighted by Gasteiger charge is 2.19. The van der Waals surface area contributed by atoms with Crippen LogP contribution in [-0.2, 0) is 16.6 Å². The number of nitrogens with one attached hydrogen (secondary N) is 1. The van der Waals surface area contributed by atoms with Gasteiger partial charge in [0.05, 0.1) is 10.6 Å². The zero-order valence-electron chi connectivity index (χ0n) is 10.0. The Morgan fingerprint density at radius 1 is 1.35 bits per heavy atom. The van der Waals surface area contributed by atoms with Crippen LogP contribution in [0, 0.1) is 0 Å². The van der Waals surface area contributed by atoms with Crippen molar-refractivity contribution in [2.75, 3.05) is 0 Å². The van der Waals surface area contributed by atoms with E-state index in [0.717, 1.165) is 10.9 Å². The van der Waals surface area contributed by atoms with Crippen molar-refractivity contribution < 1.29 is 18.3 Å². The summed E-state index contributed by atoms with van der Waals surface area (Å²) >= 11 is 7.25. The molecule has 1 aromatic carbocycles. The fourth-order valence-electron chi connectivity index (χ4n) is 1.50. The molecule has 0 aliphatic rings. The number of halogens is 1. The predicted molar refractivity (Wildman–Crippen MR) is 76.8 cm³/mol. The van der Waals surface area contributed by atoms with E-state index < -0.39 is 16.0 Å². The van der Waals surface area contributed by atoms with Crippen LogP contribution in [-0.4, -0.2) is 19.5 Å². The molecule has 5 nitrogen and oxygen atoms in total. The van der Waals surface area contributed by atoms with Gasteiger partial charge in [0.2, 0.25) is 10.0 Å². The van der Waals surface area contributed by atoms with Gasteiger partial charge in [-0.3, -0.25) is 0 Å². The smallest absolute Gasteiger partial charge is 0.335 e. The molecule has 0 fully saturated rings. The van der Waals surface area contributed by atoms with Crippen molar-refractivity contribution in [1.29, 1.82) is 0 Å². The highest BCUT2D eigenvalue weighted by Crippen LogP contribution is 2.23. The summed E-state index contributed by atoms with van der Waals surface area (Å²) in [4.78, 5) is 11.5. The lowest BCUT2D eigenvalue weighted by Crippen LogP contribution is -2.23. The number of hydrogen-bond donors (Lipinski definition) is 2. The maximum absolute atomic E-state index is 12.1. The second kappa shape index (κ2) is 5.92. The van der Waals surface area contributed by atoms with Crippen molar-refractivity contribution in [2.45, 2.75) is 11.4 Å². The largest absolute Gasteiger partial charge is 0.478 e. The zero-order valence-corrected chi connectivity index (χ0v) is 12.4. The molecular weight excluding hydrogens is 322 g/mol. The van der Waals surface area contributed by atoms with Crippen molar-refractivity contribution >= 4 is 38.9 Å². The number of thiophene rings is 1. The number of carboxylic acid groups (broad SMARTS) is 1. The Hall–Kier alpha value is -1.41. The van der Waals surface area contributed by atoms with Crippen LogP contribution < -0.4 is 4.72 Å². The maximum Gasteiger partial charge on any atom is 0.335 e. The molecule has 0 aliphatic heterocycles. The summed E-state index contributed by atoms with van der Waals surface area (Å²) in [6.07, 6.45) is 0. The monoisotopic (exact) mass is 331 g/mol. The third-order valence-electron chi connectivity index (χ3n) is 2.48. The highest BCUT2D eigenvalue weighted by atomic mass is 35.5. The number of rotatable bonds is 5. The molecule has 0 saturated carbocycles. The van der Waals surface area contributed by atoms with E-state index in [9.17, 15) is 13.2 Å². The minimum atomic E-state index is -3.86. The van der Waals surface area contributed by atoms with Gasteiger partial charge in [0.1, 0.15) is 4.90 Å². The topological polar surface area (TPSA) is 83.5 Å². The number of sulfonamides is 1. The van der Waals surface area contributed by atoms with E-state index in [4.69, 9.17) is 16.7 Å². The first-order valence-corrected chi connectivity index (χ1v) is 8.19. The quantitative estimate of drug-likeness (QED) is 0.882. The summed E-state index contributed by atoms with van der Waals surface area (Å²) in [7, 11) is -3.86. The molecule has 0 spiro atoms. The van der Waals surface area contributed by atoms with Crippen molar-refractivity contribution in [3.63, 3.8) is 0 Å². The number of hydrogen-bond acceptors (Lipinski definition) is 4. The Morgan fingerprint density at radius 2 is 2.10 bits per heavy atom. The molecular formula is C12H10ClNO4S2. The number of carbonyl (C=O) groups is 1. The molecule has 0 amide bonds. The first-order chi connectivity index (χ1) is 9.40. The average molecular weight is 332 g/mol. The molecule has 0 radical (unpaired) electrons. The third kappa shape index (κ3) is 3.37. The van der Waals surface area contributed by atoms with Crippen LogP contribution in [0.3, 0.4) is 0 Å². The molecule has 20 heavy (non-hydrogen) atoms. The molecule has 1 heterocycles. The van der Waals surface area contributed by atoms with Crippen LogP contribution in [0.4, 0.5) is 0 Å². The van der Waals surface area contributed by atoms with Gasteiger partial charge in [0, 0.05) is 11.4 Å². The van der Waals surface area contributed by atoms with E-state index in [1.807, 2.05) is 11.4 Å². The summed E-state index contributed by atoms with van der Waals surface area (Å²) in [5.74, 6) is -1.21. The Kier molecular flexibility index (Phi) is 4.44. The standard InChI is InChI=1S/C12H10ClNO4S2/c13-10-4-3-8(12(15)16)6-11(10)20(17,18)14-7-9-2-1-5-19-9/h1-6,14H,7H2,(H,15,16). The molecule has 0 bridgehead atoms. The number of aromatic carboxylic acids is 1. The summed E-state index contributed by atoms with van der Waals surface area (Å²) in [5, 5.41) is 10.7. The van der Waals surface area contributed by atoms with Crippen LogP contribution in [0.25, 0.3) is 0 Å². The van der Waals surface area contributed by atoms with Crippen molar-refractivity contribution in [2.24, 2.45) is 0 Å². The van der Waals surface area contributed by atoms with Gasteiger partial charge in [-0.05, 0) is 29.6 Å². The first-order valence-electron chi connectivity index (χ1n) is 5.45. The normalized spacial score (nSPS) is 11.4. The average Bonchev–Trinajstić information content (AvgIpc) is 2.89. The van der Waals surface area contributed by atoms with Crippen LogP contribution in [0.2, 0.25) is 5.02 Å². The summed E-state index contributed by atoms with van der Waals surface area (Å²) < 4.78 is 26.7. The van der Waals surface area contributed by atoms with Crippen molar-refractivity contribution in [1.82, 2.24) is 4.72 Å². The van der Waals surface area contributed by atoms with Gasteiger partial charge in [-0.1, -0.05) is 17.7 Å². The molecule has 2 N–H and O–H groups in total. The maximum atomic E-state index is 12.1. The molecule has 2 aromatic rings. The lowest BCUT2D eigenvalue weighted by atomic mass is 10.2. The van der Waals surface area contributed by atoms with Gasteiger partial charge in [0.25, 0.3) is 0 Å². The lowest BCUT2D eigenvalue weighted by molar-refractivity contribution is 0.0696. The SMILES string of the molecule is O=C(O)c1ccc(Cl)c(S(=O)(=O)NCc2cccs2)c1. The Bertz CT molecular complexity index is 726. The van der Waals surface area contributed by atoms with Crippen LogP contribution in [0.1, 0.15) is 15.2 Å². The fraction of sp³-hybridized carbons (Fsp3) is 0.0833. The number of benzene rings is 1. The van der Waals surface area contributed by atoms with Gasteiger partial charge in [-0.25, -0.2) is 17.9 Å². The lowest BCUT2D eigenvalue weighted by Gasteiger charge is -2.08. The summed E-state index contributed by atoms with van der Waals surface area (Å²) in [6, 6.07) is 7.16. The summed E-state index contributed by atoms with van der Waals surface area (Å²) in [5.41, 5.74) is -0.133. The van der Waals surface area contributed by atoms with Crippen LogP contribution >= 0.6 is 22.9 Å². The third-order valence-corrected chi connectivity index (χ3v) is 5.24. The Morgan fingerprint density at radius 3 is 2.70 bits per heavy atom. The molecule has 8 heteroatoms. The minimum Gasteiger partial charge on any atom is -0.478 e. The van der Waals surface area contributed by atoms with Gasteiger partial charge in [-0.15, -0.1) is 11.3 Å². The molecule has 0 atom stereocenters. The van der Waals surface area contributed by atoms with Gasteiger partial charge >= 0.3 is 5.97 Å². The molecule has 0 saturated heterocycles. The Balaban J connectivity index is 2.28. The molecule has 2 rings (SSSR count).